The van der Waals surface area contributed by atoms with Crippen molar-refractivity contribution in [2.75, 3.05) is 18.6 Å². The van der Waals surface area contributed by atoms with Gasteiger partial charge in [0.05, 0.1) is 30.3 Å². The van der Waals surface area contributed by atoms with Crippen molar-refractivity contribution in [2.45, 2.75) is 13.0 Å². The molecular formula is C26H22N2O7. The molecule has 9 nitrogen and oxygen atoms in total. The minimum atomic E-state index is -1.00. The number of ketones is 1. The van der Waals surface area contributed by atoms with Gasteiger partial charge in [-0.3, -0.25) is 24.6 Å². The summed E-state index contributed by atoms with van der Waals surface area (Å²) < 4.78 is 10.6. The van der Waals surface area contributed by atoms with E-state index in [4.69, 9.17) is 9.47 Å². The first-order valence-electron chi connectivity index (χ1n) is 10.8. The van der Waals surface area contributed by atoms with Gasteiger partial charge in [0.2, 0.25) is 0 Å². The van der Waals surface area contributed by atoms with Gasteiger partial charge in [-0.05, 0) is 73.2 Å². The van der Waals surface area contributed by atoms with Gasteiger partial charge in [-0.1, -0.05) is 0 Å². The third-order valence-electron chi connectivity index (χ3n) is 5.65. The van der Waals surface area contributed by atoms with Crippen molar-refractivity contribution in [3.8, 4) is 11.5 Å². The molecule has 1 aliphatic rings. The van der Waals surface area contributed by atoms with Crippen LogP contribution in [0.4, 0.5) is 11.4 Å². The zero-order chi connectivity index (χ0) is 25.1. The number of methoxy groups -OCH3 is 1. The molecule has 0 aliphatic carbocycles. The molecule has 1 N–H and O–H groups in total. The second-order valence-electron chi connectivity index (χ2n) is 7.67. The van der Waals surface area contributed by atoms with E-state index in [1.54, 1.807) is 48.5 Å². The molecule has 4 rings (SSSR count). The first-order valence-corrected chi connectivity index (χ1v) is 10.8. The van der Waals surface area contributed by atoms with E-state index < -0.39 is 22.7 Å². The van der Waals surface area contributed by atoms with Crippen LogP contribution in [-0.4, -0.2) is 35.4 Å². The second kappa shape index (κ2) is 9.68. The number of benzene rings is 3. The number of hydrogen-bond donors (Lipinski definition) is 1. The molecule has 178 valence electrons. The summed E-state index contributed by atoms with van der Waals surface area (Å²) in [6.07, 6.45) is 0. The Morgan fingerprint density at radius 2 is 1.57 bits per heavy atom. The number of carbonyl (C=O) groups excluding carboxylic acids is 2. The predicted molar refractivity (Wildman–Crippen MR) is 128 cm³/mol. The topological polar surface area (TPSA) is 119 Å². The molecule has 1 fully saturated rings. The lowest BCUT2D eigenvalue weighted by atomic mass is 9.95. The van der Waals surface area contributed by atoms with Gasteiger partial charge >= 0.3 is 0 Å². The minimum absolute atomic E-state index is 0.121. The van der Waals surface area contributed by atoms with Crippen LogP contribution in [0.3, 0.4) is 0 Å². The Labute approximate surface area is 201 Å². The van der Waals surface area contributed by atoms with Crippen molar-refractivity contribution in [3.05, 3.63) is 99.6 Å². The SMILES string of the molecule is CCOc1ccc(/C(O)=C2\C(=O)C(=O)N(c3ccc(OC)cc3)[C@@H]2c2ccc([N+](=O)[O-])cc2)cc1. The first kappa shape index (κ1) is 23.5. The third-order valence-corrected chi connectivity index (χ3v) is 5.65. The molecule has 3 aromatic carbocycles. The smallest absolute Gasteiger partial charge is 0.300 e. The molecule has 35 heavy (non-hydrogen) atoms. The number of aliphatic hydroxyl groups is 1. The van der Waals surface area contributed by atoms with Gasteiger partial charge in [-0.15, -0.1) is 0 Å². The average Bonchev–Trinajstić information content (AvgIpc) is 3.14. The maximum Gasteiger partial charge on any atom is 0.300 e. The van der Waals surface area contributed by atoms with E-state index in [-0.39, 0.29) is 17.0 Å². The number of carbonyl (C=O) groups is 2. The molecule has 1 aliphatic heterocycles. The van der Waals surface area contributed by atoms with Gasteiger partial charge in [-0.2, -0.15) is 0 Å². The van der Waals surface area contributed by atoms with Crippen LogP contribution in [0.25, 0.3) is 5.76 Å². The highest BCUT2D eigenvalue weighted by molar-refractivity contribution is 6.51. The van der Waals surface area contributed by atoms with Crippen molar-refractivity contribution in [1.29, 1.82) is 0 Å². The highest BCUT2D eigenvalue weighted by Crippen LogP contribution is 2.42. The summed E-state index contributed by atoms with van der Waals surface area (Å²) in [4.78, 5) is 38.2. The number of Topliss-reactive ketones (excluding diaryl/α,β-unsaturated/α-hetero) is 1. The van der Waals surface area contributed by atoms with E-state index in [1.165, 1.54) is 36.3 Å². The summed E-state index contributed by atoms with van der Waals surface area (Å²) >= 11 is 0. The number of nitrogens with zero attached hydrogens (tertiary/aromatic N) is 2. The molecule has 3 aromatic rings. The molecule has 0 aromatic heterocycles. The summed E-state index contributed by atoms with van der Waals surface area (Å²) in [5.74, 6) is -0.895. The average molecular weight is 474 g/mol. The van der Waals surface area contributed by atoms with Gasteiger partial charge in [-0.25, -0.2) is 0 Å². The summed E-state index contributed by atoms with van der Waals surface area (Å²) in [6, 6.07) is 17.5. The van der Waals surface area contributed by atoms with Crippen LogP contribution in [0.5, 0.6) is 11.5 Å². The number of nitro groups is 1. The highest BCUT2D eigenvalue weighted by atomic mass is 16.6. The van der Waals surface area contributed by atoms with Crippen LogP contribution in [0.1, 0.15) is 24.1 Å². The van der Waals surface area contributed by atoms with Gasteiger partial charge in [0.25, 0.3) is 17.4 Å². The number of aliphatic hydroxyl groups excluding tert-OH is 1. The zero-order valence-corrected chi connectivity index (χ0v) is 19.0. The Hall–Kier alpha value is -4.66. The molecule has 9 heteroatoms. The predicted octanol–water partition coefficient (Wildman–Crippen LogP) is 4.63. The fraction of sp³-hybridized carbons (Fsp3) is 0.154. The van der Waals surface area contributed by atoms with E-state index in [0.717, 1.165) is 0 Å². The quantitative estimate of drug-likeness (QED) is 0.174. The third kappa shape index (κ3) is 4.43. The van der Waals surface area contributed by atoms with Crippen LogP contribution >= 0.6 is 0 Å². The summed E-state index contributed by atoms with van der Waals surface area (Å²) in [5.41, 5.74) is 0.902. The zero-order valence-electron chi connectivity index (χ0n) is 19.0. The summed E-state index contributed by atoms with van der Waals surface area (Å²) in [6.45, 7) is 2.32. The monoisotopic (exact) mass is 474 g/mol. The largest absolute Gasteiger partial charge is 0.507 e. The summed E-state index contributed by atoms with van der Waals surface area (Å²) in [7, 11) is 1.51. The first-order chi connectivity index (χ1) is 16.8. The minimum Gasteiger partial charge on any atom is -0.507 e. The van der Waals surface area contributed by atoms with Crippen LogP contribution < -0.4 is 14.4 Å². The second-order valence-corrected chi connectivity index (χ2v) is 7.67. The molecule has 0 radical (unpaired) electrons. The van der Waals surface area contributed by atoms with Crippen molar-refractivity contribution in [1.82, 2.24) is 0 Å². The Morgan fingerprint density at radius 3 is 2.11 bits per heavy atom. The Kier molecular flexibility index (Phi) is 6.50. The molecule has 1 heterocycles. The molecule has 0 saturated carbocycles. The van der Waals surface area contributed by atoms with E-state index in [2.05, 4.69) is 0 Å². The maximum atomic E-state index is 13.2. The van der Waals surface area contributed by atoms with E-state index in [1.807, 2.05) is 6.92 Å². The Morgan fingerprint density at radius 1 is 0.971 bits per heavy atom. The lowest BCUT2D eigenvalue weighted by molar-refractivity contribution is -0.384. The number of hydrogen-bond acceptors (Lipinski definition) is 7. The number of ether oxygens (including phenoxy) is 2. The Balaban J connectivity index is 1.87. The lowest BCUT2D eigenvalue weighted by Crippen LogP contribution is -2.29. The molecule has 1 atom stereocenters. The fourth-order valence-electron chi connectivity index (χ4n) is 3.97. The van der Waals surface area contributed by atoms with Gasteiger partial charge in [0.1, 0.15) is 17.3 Å². The van der Waals surface area contributed by atoms with Gasteiger partial charge < -0.3 is 14.6 Å². The molecule has 0 bridgehead atoms. The molecule has 0 unspecified atom stereocenters. The van der Waals surface area contributed by atoms with E-state index in [9.17, 15) is 24.8 Å². The van der Waals surface area contributed by atoms with Crippen molar-refractivity contribution >= 4 is 28.8 Å². The van der Waals surface area contributed by atoms with Crippen molar-refractivity contribution < 1.29 is 29.1 Å². The van der Waals surface area contributed by atoms with Crippen LogP contribution in [0.2, 0.25) is 0 Å². The number of non-ortho nitro benzene ring substituents is 1. The van der Waals surface area contributed by atoms with E-state index >= 15 is 0 Å². The number of anilines is 1. The number of rotatable bonds is 7. The normalized spacial score (nSPS) is 16.9. The molecule has 1 saturated heterocycles. The maximum absolute atomic E-state index is 13.2. The standard InChI is InChI=1S/C26H22N2O7/c1-3-35-21-12-6-17(7-13-21)24(29)22-23(16-4-8-19(9-5-16)28(32)33)27(26(31)25(22)30)18-10-14-20(34-2)15-11-18/h4-15,23,29H,3H2,1-2H3/b24-22+/t23-/m1/s1. The van der Waals surface area contributed by atoms with Gasteiger partial charge in [0, 0.05) is 23.4 Å². The van der Waals surface area contributed by atoms with Crippen molar-refractivity contribution in [2.24, 2.45) is 0 Å². The lowest BCUT2D eigenvalue weighted by Gasteiger charge is -2.25. The van der Waals surface area contributed by atoms with E-state index in [0.29, 0.717) is 34.9 Å². The Bertz CT molecular complexity index is 1300. The van der Waals surface area contributed by atoms with Gasteiger partial charge in [0.15, 0.2) is 0 Å². The number of nitro benzene ring substituents is 1. The fourth-order valence-corrected chi connectivity index (χ4v) is 3.97. The molecular weight excluding hydrogens is 452 g/mol. The van der Waals surface area contributed by atoms with Crippen molar-refractivity contribution in [3.63, 3.8) is 0 Å². The van der Waals surface area contributed by atoms with Crippen LogP contribution in [-0.2, 0) is 9.59 Å². The van der Waals surface area contributed by atoms with Crippen LogP contribution in [0, 0.1) is 10.1 Å². The molecule has 0 spiro atoms. The molecule has 1 amide bonds. The van der Waals surface area contributed by atoms with Crippen LogP contribution in [0.15, 0.2) is 78.4 Å². The summed E-state index contributed by atoms with van der Waals surface area (Å²) in [5, 5.41) is 22.3. The highest BCUT2D eigenvalue weighted by Gasteiger charge is 2.47. The number of amides is 1.